The highest BCUT2D eigenvalue weighted by molar-refractivity contribution is 7.99. The van der Waals surface area contributed by atoms with Gasteiger partial charge in [0.05, 0.1) is 28.4 Å². The number of aryl methyl sites for hydroxylation is 2. The lowest BCUT2D eigenvalue weighted by atomic mass is 9.99. The predicted octanol–water partition coefficient (Wildman–Crippen LogP) is 6.00. The lowest BCUT2D eigenvalue weighted by Crippen LogP contribution is -2.31. The van der Waals surface area contributed by atoms with E-state index >= 15 is 0 Å². The molecule has 184 valence electrons. The Labute approximate surface area is 220 Å². The Kier molecular flexibility index (Phi) is 7.19. The summed E-state index contributed by atoms with van der Waals surface area (Å²) in [7, 11) is 0. The average Bonchev–Trinajstić information content (AvgIpc) is 2.92. The Morgan fingerprint density at radius 2 is 1.49 bits per heavy atom. The first-order chi connectivity index (χ1) is 18.0. The maximum Gasteiger partial charge on any atom is 0.266 e. The van der Waals surface area contributed by atoms with Gasteiger partial charge in [-0.2, -0.15) is 0 Å². The number of carbonyl (C=O) groups excluding carboxylic acids is 1. The largest absolute Gasteiger partial charge is 0.344 e. The van der Waals surface area contributed by atoms with Gasteiger partial charge in [-0.15, -0.1) is 0 Å². The molecule has 0 aliphatic rings. The maximum atomic E-state index is 13.6. The summed E-state index contributed by atoms with van der Waals surface area (Å²) in [6.45, 7) is 4.00. The fourth-order valence-electron chi connectivity index (χ4n) is 4.46. The quantitative estimate of drug-likeness (QED) is 0.218. The molecular formula is C31H27N3O2S. The Bertz CT molecular complexity index is 1580. The van der Waals surface area contributed by atoms with Crippen LogP contribution >= 0.6 is 11.8 Å². The number of fused-ring (bicyclic) bond motifs is 1. The molecule has 0 atom stereocenters. The van der Waals surface area contributed by atoms with Crippen molar-refractivity contribution >= 4 is 28.6 Å². The van der Waals surface area contributed by atoms with Crippen molar-refractivity contribution in [2.45, 2.75) is 25.0 Å². The van der Waals surface area contributed by atoms with Gasteiger partial charge >= 0.3 is 0 Å². The van der Waals surface area contributed by atoms with Crippen molar-refractivity contribution in [3.8, 4) is 5.69 Å². The van der Waals surface area contributed by atoms with Gasteiger partial charge in [0, 0.05) is 0 Å². The molecule has 1 N–H and O–H groups in total. The lowest BCUT2D eigenvalue weighted by molar-refractivity contribution is -0.119. The number of amides is 1. The van der Waals surface area contributed by atoms with Crippen molar-refractivity contribution in [1.29, 1.82) is 0 Å². The van der Waals surface area contributed by atoms with Gasteiger partial charge in [0.15, 0.2) is 5.16 Å². The van der Waals surface area contributed by atoms with E-state index in [9.17, 15) is 9.59 Å². The molecule has 0 saturated carbocycles. The van der Waals surface area contributed by atoms with Crippen LogP contribution in [0.1, 0.15) is 28.3 Å². The zero-order valence-electron chi connectivity index (χ0n) is 20.7. The highest BCUT2D eigenvalue weighted by Gasteiger charge is 2.19. The molecule has 1 heterocycles. The molecule has 0 fully saturated rings. The first-order valence-electron chi connectivity index (χ1n) is 12.1. The molecule has 0 spiro atoms. The van der Waals surface area contributed by atoms with E-state index in [1.54, 1.807) is 10.6 Å². The monoisotopic (exact) mass is 505 g/mol. The minimum Gasteiger partial charge on any atom is -0.344 e. The second-order valence-corrected chi connectivity index (χ2v) is 9.90. The van der Waals surface area contributed by atoms with Crippen molar-refractivity contribution in [3.63, 3.8) is 0 Å². The van der Waals surface area contributed by atoms with Gasteiger partial charge in [-0.1, -0.05) is 102 Å². The SMILES string of the molecule is Cc1ccc(-n2c(SCC(=O)NC(c3ccccc3)c3ccccc3)nc3ccccc3c2=O)c(C)c1. The third-order valence-corrected chi connectivity index (χ3v) is 7.18. The van der Waals surface area contributed by atoms with E-state index in [4.69, 9.17) is 4.98 Å². The highest BCUT2D eigenvalue weighted by atomic mass is 32.2. The number of nitrogens with one attached hydrogen (secondary N) is 1. The van der Waals surface area contributed by atoms with Crippen LogP contribution in [0.4, 0.5) is 0 Å². The van der Waals surface area contributed by atoms with E-state index in [1.807, 2.05) is 111 Å². The van der Waals surface area contributed by atoms with Crippen molar-refractivity contribution in [1.82, 2.24) is 14.9 Å². The number of hydrogen-bond donors (Lipinski definition) is 1. The Morgan fingerprint density at radius 3 is 2.14 bits per heavy atom. The average molecular weight is 506 g/mol. The number of benzene rings is 4. The van der Waals surface area contributed by atoms with E-state index in [2.05, 4.69) is 5.32 Å². The first kappa shape index (κ1) is 24.5. The van der Waals surface area contributed by atoms with Crippen LogP contribution in [0.15, 0.2) is 113 Å². The van der Waals surface area contributed by atoms with E-state index < -0.39 is 0 Å². The summed E-state index contributed by atoms with van der Waals surface area (Å²) >= 11 is 1.26. The van der Waals surface area contributed by atoms with Gasteiger partial charge < -0.3 is 5.32 Å². The molecule has 5 aromatic rings. The number of para-hydroxylation sites is 1. The molecule has 5 rings (SSSR count). The molecule has 0 saturated heterocycles. The molecular weight excluding hydrogens is 478 g/mol. The summed E-state index contributed by atoms with van der Waals surface area (Å²) in [6, 6.07) is 32.8. The third-order valence-electron chi connectivity index (χ3n) is 6.24. The van der Waals surface area contributed by atoms with Gasteiger partial charge in [-0.25, -0.2) is 4.98 Å². The minimum absolute atomic E-state index is 0.117. The van der Waals surface area contributed by atoms with Gasteiger partial charge in [-0.05, 0) is 48.7 Å². The summed E-state index contributed by atoms with van der Waals surface area (Å²) in [5.74, 6) is -0.0245. The number of hydrogen-bond acceptors (Lipinski definition) is 4. The molecule has 1 amide bonds. The maximum absolute atomic E-state index is 13.6. The molecule has 1 aromatic heterocycles. The van der Waals surface area contributed by atoms with Crippen LogP contribution in [-0.4, -0.2) is 21.2 Å². The van der Waals surface area contributed by atoms with Crippen LogP contribution in [0.25, 0.3) is 16.6 Å². The van der Waals surface area contributed by atoms with Crippen LogP contribution in [0.5, 0.6) is 0 Å². The Hall–Kier alpha value is -4.16. The van der Waals surface area contributed by atoms with Crippen molar-refractivity contribution in [2.24, 2.45) is 0 Å². The smallest absolute Gasteiger partial charge is 0.266 e. The minimum atomic E-state index is -0.276. The fourth-order valence-corrected chi connectivity index (χ4v) is 5.28. The molecule has 0 aliphatic carbocycles. The van der Waals surface area contributed by atoms with Crippen molar-refractivity contribution in [3.05, 3.63) is 136 Å². The molecule has 0 radical (unpaired) electrons. The van der Waals surface area contributed by atoms with Gasteiger partial charge in [0.1, 0.15) is 0 Å². The van der Waals surface area contributed by atoms with Crippen LogP contribution in [0.2, 0.25) is 0 Å². The van der Waals surface area contributed by atoms with Crippen LogP contribution < -0.4 is 10.9 Å². The van der Waals surface area contributed by atoms with Gasteiger partial charge in [-0.3, -0.25) is 14.2 Å². The summed E-state index contributed by atoms with van der Waals surface area (Å²) in [5.41, 5.74) is 5.33. The second-order valence-electron chi connectivity index (χ2n) is 8.95. The summed E-state index contributed by atoms with van der Waals surface area (Å²) in [4.78, 5) is 31.6. The summed E-state index contributed by atoms with van der Waals surface area (Å²) < 4.78 is 1.63. The zero-order valence-corrected chi connectivity index (χ0v) is 21.5. The molecule has 6 heteroatoms. The molecule has 37 heavy (non-hydrogen) atoms. The zero-order chi connectivity index (χ0) is 25.8. The molecule has 0 aliphatic heterocycles. The number of nitrogens with zero attached hydrogens (tertiary/aromatic N) is 2. The van der Waals surface area contributed by atoms with Gasteiger partial charge in [0.2, 0.25) is 5.91 Å². The van der Waals surface area contributed by atoms with E-state index in [0.29, 0.717) is 16.1 Å². The van der Waals surface area contributed by atoms with Crippen molar-refractivity contribution in [2.75, 3.05) is 5.75 Å². The fraction of sp³-hybridized carbons (Fsp3) is 0.129. The van der Waals surface area contributed by atoms with E-state index in [-0.39, 0.29) is 23.3 Å². The van der Waals surface area contributed by atoms with Crippen molar-refractivity contribution < 1.29 is 4.79 Å². The molecule has 4 aromatic carbocycles. The highest BCUT2D eigenvalue weighted by Crippen LogP contribution is 2.25. The summed E-state index contributed by atoms with van der Waals surface area (Å²) in [6.07, 6.45) is 0. The summed E-state index contributed by atoms with van der Waals surface area (Å²) in [5, 5.41) is 4.21. The third kappa shape index (κ3) is 5.34. The second kappa shape index (κ2) is 10.8. The van der Waals surface area contributed by atoms with E-state index in [0.717, 1.165) is 27.9 Å². The lowest BCUT2D eigenvalue weighted by Gasteiger charge is -2.20. The molecule has 0 bridgehead atoms. The normalized spacial score (nSPS) is 11.1. The predicted molar refractivity (Wildman–Crippen MR) is 150 cm³/mol. The number of rotatable bonds is 7. The standard InChI is InChI=1S/C31H27N3O2S/c1-21-17-18-27(22(2)19-21)34-30(36)25-15-9-10-16-26(25)32-31(34)37-20-28(35)33-29(23-11-5-3-6-12-23)24-13-7-4-8-14-24/h3-19,29H,20H2,1-2H3,(H,33,35). The Balaban J connectivity index is 1.47. The topological polar surface area (TPSA) is 64.0 Å². The molecule has 5 nitrogen and oxygen atoms in total. The van der Waals surface area contributed by atoms with Crippen LogP contribution in [0.3, 0.4) is 0 Å². The number of thioether (sulfide) groups is 1. The Morgan fingerprint density at radius 1 is 0.865 bits per heavy atom. The van der Waals surface area contributed by atoms with Crippen LogP contribution in [-0.2, 0) is 4.79 Å². The van der Waals surface area contributed by atoms with Gasteiger partial charge in [0.25, 0.3) is 5.56 Å². The number of carbonyl (C=O) groups is 1. The molecule has 0 unspecified atom stereocenters. The first-order valence-corrected chi connectivity index (χ1v) is 13.1. The number of aromatic nitrogens is 2. The van der Waals surface area contributed by atoms with Crippen LogP contribution in [0, 0.1) is 13.8 Å². The van der Waals surface area contributed by atoms with E-state index in [1.165, 1.54) is 11.8 Å².